The summed E-state index contributed by atoms with van der Waals surface area (Å²) in [5, 5.41) is 20.8. The molecule has 10 nitrogen and oxygen atoms in total. The molecule has 0 radical (unpaired) electrons. The number of nitrogens with zero attached hydrogens (tertiary/aromatic N) is 1. The molecule has 4 atom stereocenters. The summed E-state index contributed by atoms with van der Waals surface area (Å²) < 4.78 is 34.1. The quantitative estimate of drug-likeness (QED) is 0.0156. The molecule has 0 amide bonds. The van der Waals surface area contributed by atoms with Gasteiger partial charge in [0.15, 0.2) is 6.10 Å². The number of allylic oxidation sites excluding steroid dienone is 6. The van der Waals surface area contributed by atoms with E-state index in [0.29, 0.717) is 17.4 Å². The third kappa shape index (κ3) is 38.9. The zero-order chi connectivity index (χ0) is 40.9. The van der Waals surface area contributed by atoms with Crippen LogP contribution in [0.15, 0.2) is 48.8 Å². The predicted octanol–water partition coefficient (Wildman–Crippen LogP) is 10.0. The molecule has 0 aliphatic heterocycles. The Hall–Kier alpha value is -1.78. The SMILES string of the molecule is CCCCC/C=C\C/C=C\C/C=C\CC(O)C(O)CCCC(=O)O[C@H](CO/C=C/CCCCCCCCCCCCCC)COP(=O)([O-])OCC[N+](C)(C)C. The molecule has 0 bridgehead atoms. The highest BCUT2D eigenvalue weighted by Gasteiger charge is 2.21. The van der Waals surface area contributed by atoms with Crippen LogP contribution in [0.3, 0.4) is 0 Å². The van der Waals surface area contributed by atoms with Crippen LogP contribution in [-0.2, 0) is 27.9 Å². The van der Waals surface area contributed by atoms with Crippen molar-refractivity contribution in [2.75, 3.05) is 47.5 Å². The first kappa shape index (κ1) is 53.2. The number of ether oxygens (including phenoxy) is 2. The van der Waals surface area contributed by atoms with Crippen molar-refractivity contribution in [1.29, 1.82) is 0 Å². The lowest BCUT2D eigenvalue weighted by Crippen LogP contribution is -2.37. The number of rotatable bonds is 39. The van der Waals surface area contributed by atoms with Crippen molar-refractivity contribution in [2.45, 2.75) is 180 Å². The van der Waals surface area contributed by atoms with Crippen LogP contribution in [0.5, 0.6) is 0 Å². The van der Waals surface area contributed by atoms with Crippen molar-refractivity contribution >= 4 is 13.8 Å². The molecule has 0 saturated carbocycles. The van der Waals surface area contributed by atoms with Gasteiger partial charge in [-0.3, -0.25) is 9.36 Å². The maximum absolute atomic E-state index is 12.7. The van der Waals surface area contributed by atoms with E-state index < -0.39 is 38.7 Å². The number of aliphatic hydroxyl groups excluding tert-OH is 2. The van der Waals surface area contributed by atoms with Crippen molar-refractivity contribution in [3.63, 3.8) is 0 Å². The molecule has 0 aromatic rings. The molecule has 0 aromatic carbocycles. The predicted molar refractivity (Wildman–Crippen MR) is 224 cm³/mol. The Morgan fingerprint density at radius 3 is 1.82 bits per heavy atom. The third-order valence-electron chi connectivity index (χ3n) is 9.15. The number of phosphoric acid groups is 1. The molecular weight excluding hydrogens is 717 g/mol. The third-order valence-corrected chi connectivity index (χ3v) is 10.1. The minimum atomic E-state index is -4.62. The number of likely N-dealkylation sites (N-methyl/N-ethyl adjacent to an activating group) is 1. The first-order valence-electron chi connectivity index (χ1n) is 21.6. The molecule has 0 aromatic heterocycles. The minimum Gasteiger partial charge on any atom is -0.756 e. The van der Waals surface area contributed by atoms with Crippen LogP contribution in [0.2, 0.25) is 0 Å². The van der Waals surface area contributed by atoms with Gasteiger partial charge in [0.2, 0.25) is 0 Å². The number of unbranched alkanes of at least 4 members (excludes halogenated alkanes) is 15. The number of esters is 1. The van der Waals surface area contributed by atoms with E-state index in [1.165, 1.54) is 89.9 Å². The van der Waals surface area contributed by atoms with Crippen molar-refractivity contribution < 1.29 is 47.5 Å². The average molecular weight is 800 g/mol. The van der Waals surface area contributed by atoms with Gasteiger partial charge in [-0.25, -0.2) is 0 Å². The number of hydrogen-bond acceptors (Lipinski definition) is 9. The largest absolute Gasteiger partial charge is 0.756 e. The summed E-state index contributed by atoms with van der Waals surface area (Å²) in [5.74, 6) is -0.575. The maximum atomic E-state index is 12.7. The number of hydrogen-bond donors (Lipinski definition) is 2. The summed E-state index contributed by atoms with van der Waals surface area (Å²) in [6, 6.07) is 0. The lowest BCUT2D eigenvalue weighted by atomic mass is 10.0. The van der Waals surface area contributed by atoms with Crippen LogP contribution in [0.1, 0.15) is 162 Å². The second kappa shape index (κ2) is 36.6. The van der Waals surface area contributed by atoms with E-state index >= 15 is 0 Å². The highest BCUT2D eigenvalue weighted by molar-refractivity contribution is 7.45. The van der Waals surface area contributed by atoms with Crippen LogP contribution < -0.4 is 4.89 Å². The molecule has 0 fully saturated rings. The number of aliphatic hydroxyl groups is 2. The van der Waals surface area contributed by atoms with Gasteiger partial charge in [-0.1, -0.05) is 134 Å². The fraction of sp³-hybridized carbons (Fsp3) is 0.795. The topological polar surface area (TPSA) is 135 Å². The van der Waals surface area contributed by atoms with E-state index in [1.807, 2.05) is 39.4 Å². The van der Waals surface area contributed by atoms with E-state index in [-0.39, 0.29) is 32.5 Å². The summed E-state index contributed by atoms with van der Waals surface area (Å²) in [4.78, 5) is 25.0. The van der Waals surface area contributed by atoms with Gasteiger partial charge in [0.05, 0.1) is 46.2 Å². The van der Waals surface area contributed by atoms with Gasteiger partial charge >= 0.3 is 5.97 Å². The van der Waals surface area contributed by atoms with Crippen molar-refractivity contribution in [2.24, 2.45) is 0 Å². The number of carbonyl (C=O) groups is 1. The lowest BCUT2D eigenvalue weighted by Gasteiger charge is -2.28. The van der Waals surface area contributed by atoms with E-state index in [4.69, 9.17) is 18.5 Å². The second-order valence-corrected chi connectivity index (χ2v) is 17.1. The van der Waals surface area contributed by atoms with Crippen LogP contribution in [-0.4, -0.2) is 86.5 Å². The van der Waals surface area contributed by atoms with E-state index in [1.54, 1.807) is 6.26 Å². The van der Waals surface area contributed by atoms with E-state index in [0.717, 1.165) is 32.1 Å². The van der Waals surface area contributed by atoms with Gasteiger partial charge in [-0.2, -0.15) is 0 Å². The molecule has 11 heteroatoms. The smallest absolute Gasteiger partial charge is 0.306 e. The van der Waals surface area contributed by atoms with Crippen molar-refractivity contribution in [3.05, 3.63) is 48.8 Å². The fourth-order valence-corrected chi connectivity index (χ4v) is 6.34. The Morgan fingerprint density at radius 2 is 1.20 bits per heavy atom. The van der Waals surface area contributed by atoms with Gasteiger partial charge in [0.25, 0.3) is 7.82 Å². The first-order chi connectivity index (χ1) is 26.4. The second-order valence-electron chi connectivity index (χ2n) is 15.7. The van der Waals surface area contributed by atoms with Gasteiger partial charge in [0, 0.05) is 6.42 Å². The van der Waals surface area contributed by atoms with Crippen molar-refractivity contribution in [3.8, 4) is 0 Å². The summed E-state index contributed by atoms with van der Waals surface area (Å²) >= 11 is 0. The molecule has 0 heterocycles. The molecule has 0 spiro atoms. The Kier molecular flexibility index (Phi) is 35.4. The minimum absolute atomic E-state index is 0.0161. The lowest BCUT2D eigenvalue weighted by molar-refractivity contribution is -0.870. The monoisotopic (exact) mass is 800 g/mol. The van der Waals surface area contributed by atoms with Gasteiger partial charge < -0.3 is 38.1 Å². The summed E-state index contributed by atoms with van der Waals surface area (Å²) in [5.41, 5.74) is 0. The zero-order valence-corrected chi connectivity index (χ0v) is 36.5. The summed E-state index contributed by atoms with van der Waals surface area (Å²) in [7, 11) is 1.14. The molecular formula is C44H82NO9P. The Bertz CT molecular complexity index is 1060. The molecule has 0 aliphatic rings. The molecule has 0 saturated heterocycles. The molecule has 322 valence electrons. The summed E-state index contributed by atoms with van der Waals surface area (Å²) in [6.07, 6.45) is 36.7. The van der Waals surface area contributed by atoms with Crippen LogP contribution >= 0.6 is 7.82 Å². The van der Waals surface area contributed by atoms with Gasteiger partial charge in [-0.05, 0) is 63.9 Å². The first-order valence-corrected chi connectivity index (χ1v) is 23.0. The zero-order valence-electron chi connectivity index (χ0n) is 35.6. The number of carbonyl (C=O) groups excluding carboxylic acids is 1. The van der Waals surface area contributed by atoms with Crippen LogP contribution in [0.25, 0.3) is 0 Å². The normalized spacial score (nSPS) is 15.3. The Morgan fingerprint density at radius 1 is 0.673 bits per heavy atom. The molecule has 0 rings (SSSR count). The van der Waals surface area contributed by atoms with Crippen LogP contribution in [0, 0.1) is 0 Å². The summed E-state index contributed by atoms with van der Waals surface area (Å²) in [6.45, 7) is 4.36. The van der Waals surface area contributed by atoms with Gasteiger partial charge in [0.1, 0.15) is 19.8 Å². The fourth-order valence-electron chi connectivity index (χ4n) is 5.61. The Labute approximate surface area is 336 Å². The number of quaternary nitrogens is 1. The van der Waals surface area contributed by atoms with Crippen molar-refractivity contribution in [1.82, 2.24) is 0 Å². The average Bonchev–Trinajstić information content (AvgIpc) is 3.13. The molecule has 2 N–H and O–H groups in total. The molecule has 3 unspecified atom stereocenters. The van der Waals surface area contributed by atoms with Crippen LogP contribution in [0.4, 0.5) is 0 Å². The molecule has 0 aliphatic carbocycles. The standard InChI is InChI=1S/C44H82NO9P/c1-6-8-10-12-14-16-18-20-21-23-25-27-29-31-37-51-39-41(40-53-55(49,50)52-38-36-45(3,4)5)54-44(48)35-32-34-43(47)42(46)33-30-28-26-24-22-19-17-15-13-11-9-7-2/h15,17,22,24,28,30-31,37,41-43,46-47H,6-14,16,18-21,23,25-27,29,32-36,38-40H2,1-5H3/b17-15-,24-22-,30-28-,37-31+/t41-,42?,43?/m1/s1. The highest BCUT2D eigenvalue weighted by atomic mass is 31.2. The number of phosphoric ester groups is 1. The van der Waals surface area contributed by atoms with Gasteiger partial charge in [-0.15, -0.1) is 0 Å². The highest BCUT2D eigenvalue weighted by Crippen LogP contribution is 2.38. The van der Waals surface area contributed by atoms with E-state index in [9.17, 15) is 24.5 Å². The Balaban J connectivity index is 4.57. The molecule has 55 heavy (non-hydrogen) atoms. The maximum Gasteiger partial charge on any atom is 0.306 e. The van der Waals surface area contributed by atoms with E-state index in [2.05, 4.69) is 38.2 Å².